The number of allylic oxidation sites excluding steroid dienone is 1. The molecule has 0 atom stereocenters. The monoisotopic (exact) mass is 606 g/mol. The highest BCUT2D eigenvalue weighted by Gasteiger charge is 2.23. The molecule has 16 heteroatoms. The number of rotatable bonds is 14. The van der Waals surface area contributed by atoms with Crippen LogP contribution in [0.2, 0.25) is 0 Å². The van der Waals surface area contributed by atoms with Gasteiger partial charge in [-0.3, -0.25) is 29.7 Å². The second kappa shape index (κ2) is 13.5. The molecule has 4 aromatic rings. The number of aliphatic hydroxyl groups is 1. The van der Waals surface area contributed by atoms with Crippen LogP contribution in [0.15, 0.2) is 48.6 Å². The maximum atomic E-state index is 13.1. The molecule has 0 fully saturated rings. The molecular weight excluding hydrogens is 576 g/mol. The summed E-state index contributed by atoms with van der Waals surface area (Å²) >= 11 is 0. The van der Waals surface area contributed by atoms with Crippen LogP contribution in [0, 0.1) is 17.0 Å². The lowest BCUT2D eigenvalue weighted by Gasteiger charge is -2.13. The third-order valence-corrected chi connectivity index (χ3v) is 6.42. The molecule has 0 aliphatic heterocycles. The number of carboxylic acid groups (broad SMARTS) is 1. The first kappa shape index (κ1) is 31.2. The Balaban J connectivity index is 1.60. The molecule has 2 aromatic heterocycles. The second-order valence-corrected chi connectivity index (χ2v) is 9.41. The van der Waals surface area contributed by atoms with Crippen molar-refractivity contribution in [3.05, 3.63) is 81.2 Å². The fraction of sp³-hybridized carbons (Fsp3) is 0.250. The molecule has 0 aliphatic carbocycles. The van der Waals surface area contributed by atoms with Crippen molar-refractivity contribution in [2.24, 2.45) is 5.73 Å². The highest BCUT2D eigenvalue weighted by Crippen LogP contribution is 2.36. The number of carbonyl (C=O) groups is 3. The molecule has 0 saturated carbocycles. The number of aromatic carboxylic acids is 1. The van der Waals surface area contributed by atoms with Gasteiger partial charge in [-0.15, -0.1) is 0 Å². The van der Waals surface area contributed by atoms with Crippen molar-refractivity contribution in [2.75, 3.05) is 30.4 Å². The third-order valence-electron chi connectivity index (χ3n) is 6.42. The number of anilines is 2. The Morgan fingerprint density at radius 2 is 1.93 bits per heavy atom. The van der Waals surface area contributed by atoms with Gasteiger partial charge in [0.2, 0.25) is 11.9 Å². The molecule has 230 valence electrons. The van der Waals surface area contributed by atoms with Crippen LogP contribution in [-0.4, -0.2) is 72.0 Å². The number of ether oxygens (including phenoxy) is 1. The fourth-order valence-corrected chi connectivity index (χ4v) is 4.44. The number of hydrogen-bond acceptors (Lipinski definition) is 10. The number of carboxylic acids is 1. The summed E-state index contributed by atoms with van der Waals surface area (Å²) in [4.78, 5) is 51.8. The van der Waals surface area contributed by atoms with Gasteiger partial charge in [-0.05, 0) is 44.2 Å². The Kier molecular flexibility index (Phi) is 9.54. The van der Waals surface area contributed by atoms with Crippen molar-refractivity contribution in [3.63, 3.8) is 0 Å². The smallest absolute Gasteiger partial charge is 0.335 e. The van der Waals surface area contributed by atoms with Gasteiger partial charge in [-0.1, -0.05) is 12.2 Å². The summed E-state index contributed by atoms with van der Waals surface area (Å²) < 4.78 is 8.65. The molecule has 0 spiro atoms. The van der Waals surface area contributed by atoms with Crippen molar-refractivity contribution in [1.82, 2.24) is 19.3 Å². The van der Waals surface area contributed by atoms with Gasteiger partial charge in [0.15, 0.2) is 5.69 Å². The van der Waals surface area contributed by atoms with Gasteiger partial charge >= 0.3 is 5.97 Å². The van der Waals surface area contributed by atoms with Crippen LogP contribution in [0.4, 0.5) is 17.3 Å². The minimum absolute atomic E-state index is 0.0110. The minimum Gasteiger partial charge on any atom is -0.489 e. The number of nitrogens with one attached hydrogen (secondary N) is 2. The number of benzene rings is 2. The van der Waals surface area contributed by atoms with Crippen LogP contribution in [0.3, 0.4) is 0 Å². The average Bonchev–Trinajstić information content (AvgIpc) is 3.54. The number of fused-ring (bicyclic) bond motifs is 1. The zero-order chi connectivity index (χ0) is 32.0. The molecule has 0 unspecified atom stereocenters. The summed E-state index contributed by atoms with van der Waals surface area (Å²) in [5.74, 6) is -2.31. The van der Waals surface area contributed by atoms with Crippen LogP contribution in [-0.2, 0) is 13.1 Å². The normalized spacial score (nSPS) is 11.2. The lowest BCUT2D eigenvalue weighted by atomic mass is 10.1. The number of primary amides is 1. The number of hydrogen-bond donors (Lipinski definition) is 5. The van der Waals surface area contributed by atoms with E-state index >= 15 is 0 Å². The first-order chi connectivity index (χ1) is 21.0. The predicted octanol–water partition coefficient (Wildman–Crippen LogP) is 2.56. The summed E-state index contributed by atoms with van der Waals surface area (Å²) in [6.07, 6.45) is 3.38. The molecule has 0 bridgehead atoms. The zero-order valence-electron chi connectivity index (χ0n) is 23.8. The maximum absolute atomic E-state index is 13.1. The number of aliphatic hydroxyl groups excluding tert-OH is 1. The molecule has 2 heterocycles. The van der Waals surface area contributed by atoms with Crippen LogP contribution in [0.25, 0.3) is 11.0 Å². The topological polar surface area (TPSA) is 230 Å². The number of nitrogens with zero attached hydrogens (tertiary/aromatic N) is 5. The molecule has 44 heavy (non-hydrogen) atoms. The number of aryl methyl sites for hydroxylation is 2. The van der Waals surface area contributed by atoms with E-state index in [1.165, 1.54) is 18.2 Å². The van der Waals surface area contributed by atoms with E-state index in [-0.39, 0.29) is 54.8 Å². The average molecular weight is 607 g/mol. The van der Waals surface area contributed by atoms with E-state index in [0.29, 0.717) is 29.0 Å². The standard InChI is InChI=1S/C28H30N8O8/c1-3-35-22(12-16(2)33-35)26(39)32-28-31-19-13-17(27(40)41)6-7-20(19)34(28)9-5-4-8-30-24-21(36(42)43)14-18(25(29)38)15-23(24)44-11-10-37/h4-7,12-15,30,37H,3,8-11H2,1-2H3,(H2,29,38)(H,40,41)(H,31,32,39). The Hall–Kier alpha value is -5.77. The van der Waals surface area contributed by atoms with E-state index in [2.05, 4.69) is 20.7 Å². The Morgan fingerprint density at radius 1 is 1.16 bits per heavy atom. The van der Waals surface area contributed by atoms with E-state index in [1.54, 1.807) is 40.5 Å². The molecule has 2 amide bonds. The van der Waals surface area contributed by atoms with Gasteiger partial charge in [0.1, 0.15) is 18.1 Å². The number of imidazole rings is 1. The highest BCUT2D eigenvalue weighted by molar-refractivity contribution is 6.03. The number of nitro benzene ring substituents is 1. The SMILES string of the molecule is CCn1nc(C)cc1C(=O)Nc1nc2cc(C(=O)O)ccc2n1CC=CCNc1c(OCCO)cc(C(N)=O)cc1[N+](=O)[O-]. The summed E-state index contributed by atoms with van der Waals surface area (Å²) in [6.45, 7) is 3.83. The minimum atomic E-state index is -1.12. The van der Waals surface area contributed by atoms with Gasteiger partial charge in [0.05, 0.1) is 33.8 Å². The molecule has 16 nitrogen and oxygen atoms in total. The Labute approximate surface area is 249 Å². The lowest BCUT2D eigenvalue weighted by Crippen LogP contribution is -2.19. The van der Waals surface area contributed by atoms with Crippen LogP contribution in [0.1, 0.15) is 43.8 Å². The summed E-state index contributed by atoms with van der Waals surface area (Å²) in [7, 11) is 0. The van der Waals surface area contributed by atoms with E-state index < -0.39 is 28.4 Å². The van der Waals surface area contributed by atoms with Crippen molar-refractivity contribution in [2.45, 2.75) is 26.9 Å². The highest BCUT2D eigenvalue weighted by atomic mass is 16.6. The van der Waals surface area contributed by atoms with E-state index in [4.69, 9.17) is 15.6 Å². The van der Waals surface area contributed by atoms with Gasteiger partial charge in [0.25, 0.3) is 11.6 Å². The first-order valence-corrected chi connectivity index (χ1v) is 13.4. The molecule has 6 N–H and O–H groups in total. The molecule has 0 saturated heterocycles. The summed E-state index contributed by atoms with van der Waals surface area (Å²) in [5, 5.41) is 40.3. The van der Waals surface area contributed by atoms with E-state index in [0.717, 1.165) is 6.07 Å². The van der Waals surface area contributed by atoms with Crippen molar-refractivity contribution in [3.8, 4) is 5.75 Å². The first-order valence-electron chi connectivity index (χ1n) is 13.4. The number of nitro groups is 1. The molecule has 0 aliphatic rings. The number of nitrogens with two attached hydrogens (primary N) is 1. The second-order valence-electron chi connectivity index (χ2n) is 9.41. The number of aromatic nitrogens is 4. The number of carbonyl (C=O) groups excluding carboxylic acids is 2. The maximum Gasteiger partial charge on any atom is 0.335 e. The molecule has 4 rings (SSSR count). The summed E-state index contributed by atoms with van der Waals surface area (Å²) in [6, 6.07) is 8.34. The van der Waals surface area contributed by atoms with Crippen molar-refractivity contribution < 1.29 is 34.3 Å². The van der Waals surface area contributed by atoms with Gasteiger partial charge in [0, 0.05) is 31.3 Å². The molecule has 2 aromatic carbocycles. The van der Waals surface area contributed by atoms with E-state index in [1.807, 2.05) is 6.92 Å². The van der Waals surface area contributed by atoms with Crippen molar-refractivity contribution in [1.29, 1.82) is 0 Å². The number of amides is 2. The van der Waals surface area contributed by atoms with Crippen LogP contribution >= 0.6 is 0 Å². The summed E-state index contributed by atoms with van der Waals surface area (Å²) in [5.41, 5.74) is 6.66. The largest absolute Gasteiger partial charge is 0.489 e. The molecule has 0 radical (unpaired) electrons. The van der Waals surface area contributed by atoms with Crippen LogP contribution in [0.5, 0.6) is 5.75 Å². The van der Waals surface area contributed by atoms with Gasteiger partial charge < -0.3 is 30.6 Å². The lowest BCUT2D eigenvalue weighted by molar-refractivity contribution is -0.384. The van der Waals surface area contributed by atoms with E-state index in [9.17, 15) is 29.6 Å². The van der Waals surface area contributed by atoms with Gasteiger partial charge in [-0.25, -0.2) is 9.78 Å². The Morgan fingerprint density at radius 3 is 2.59 bits per heavy atom. The zero-order valence-corrected chi connectivity index (χ0v) is 23.8. The van der Waals surface area contributed by atoms with Gasteiger partial charge in [-0.2, -0.15) is 5.10 Å². The quantitative estimate of drug-likeness (QED) is 0.0795. The predicted molar refractivity (Wildman–Crippen MR) is 159 cm³/mol. The van der Waals surface area contributed by atoms with Crippen LogP contribution < -0.4 is 21.1 Å². The molecular formula is C28H30N8O8. The fourth-order valence-electron chi connectivity index (χ4n) is 4.44. The Bertz CT molecular complexity index is 1770. The van der Waals surface area contributed by atoms with Crippen molar-refractivity contribution >= 4 is 46.1 Å². The third kappa shape index (κ3) is 6.81.